The number of nitrogens with zero attached hydrogens (tertiary/aromatic N) is 7. The fraction of sp³-hybridized carbons (Fsp3) is 0.364. The van der Waals surface area contributed by atoms with Gasteiger partial charge in [0, 0.05) is 39.3 Å². The van der Waals surface area contributed by atoms with Crippen LogP contribution in [0.2, 0.25) is 5.02 Å². The molecule has 3 aromatic heterocycles. The number of hydrogen-bond donors (Lipinski definition) is 2. The summed E-state index contributed by atoms with van der Waals surface area (Å²) in [5.74, 6) is -1.20. The number of carbonyl (C=O) groups is 3. The fourth-order valence-corrected chi connectivity index (χ4v) is 6.98. The average Bonchev–Trinajstić information content (AvgIpc) is 3.71. The Hall–Kier alpha value is -5.29. The summed E-state index contributed by atoms with van der Waals surface area (Å²) in [6, 6.07) is 5.45. The molecule has 7 rings (SSSR count). The minimum atomic E-state index is -4.63. The molecule has 0 atom stereocenters. The van der Waals surface area contributed by atoms with E-state index >= 15 is 0 Å². The number of aromatic hydroxyl groups is 1. The summed E-state index contributed by atoms with van der Waals surface area (Å²) >= 11 is 6.10. The quantitative estimate of drug-likeness (QED) is 0.313. The number of amides is 3. The minimum Gasteiger partial charge on any atom is -0.505 e. The lowest BCUT2D eigenvalue weighted by Gasteiger charge is -2.38. The average molecular weight is 727 g/mol. The molecule has 0 bridgehead atoms. The predicted molar refractivity (Wildman–Crippen MR) is 175 cm³/mol. The lowest BCUT2D eigenvalue weighted by Crippen LogP contribution is -2.47. The van der Waals surface area contributed by atoms with Crippen molar-refractivity contribution >= 4 is 46.4 Å². The number of nitrogens with one attached hydrogen (secondary N) is 1. The van der Waals surface area contributed by atoms with Crippen LogP contribution in [0.15, 0.2) is 47.4 Å². The molecule has 3 aliphatic rings. The highest BCUT2D eigenvalue weighted by Crippen LogP contribution is 2.43. The lowest BCUT2D eigenvalue weighted by atomic mass is 9.85. The van der Waals surface area contributed by atoms with Gasteiger partial charge in [0.15, 0.2) is 11.5 Å². The monoisotopic (exact) mass is 726 g/mol. The Morgan fingerprint density at radius 3 is 2.53 bits per heavy atom. The Balaban J connectivity index is 1.24. The molecule has 1 fully saturated rings. The SMILES string of the molecule is CC(=O)N1CC=C(c2nc3n(CC(=O)Nc4ccc(C(F)(F)F)cc4Cl)c4c(c(=O)n3n2)C2(CCN(C(=O)c3ncccc3O)CC2)OC4)CC1. The second kappa shape index (κ2) is 12.8. The van der Waals surface area contributed by atoms with Crippen LogP contribution in [-0.2, 0) is 39.3 Å². The number of hydrogen-bond acceptors (Lipinski definition) is 9. The van der Waals surface area contributed by atoms with Crippen molar-refractivity contribution in [2.75, 3.05) is 31.5 Å². The van der Waals surface area contributed by atoms with E-state index in [2.05, 4.69) is 20.4 Å². The number of piperidine rings is 1. The Labute approximate surface area is 292 Å². The Kier molecular flexibility index (Phi) is 8.57. The third-order valence-corrected chi connectivity index (χ3v) is 9.77. The number of rotatable bonds is 5. The van der Waals surface area contributed by atoms with E-state index in [4.69, 9.17) is 16.3 Å². The van der Waals surface area contributed by atoms with Crippen molar-refractivity contribution in [2.24, 2.45) is 0 Å². The number of carbonyl (C=O) groups excluding carboxylic acids is 3. The first-order valence-corrected chi connectivity index (χ1v) is 16.4. The number of anilines is 1. The molecule has 0 aliphatic carbocycles. The van der Waals surface area contributed by atoms with Gasteiger partial charge >= 0.3 is 6.18 Å². The summed E-state index contributed by atoms with van der Waals surface area (Å²) in [6.07, 6.45) is -0.573. The summed E-state index contributed by atoms with van der Waals surface area (Å²) in [5, 5.41) is 16.9. The van der Waals surface area contributed by atoms with Crippen LogP contribution in [-0.4, -0.2) is 83.0 Å². The topological polar surface area (TPSA) is 164 Å². The third kappa shape index (κ3) is 6.20. The number of likely N-dealkylation sites (tertiary alicyclic amines) is 1. The summed E-state index contributed by atoms with van der Waals surface area (Å²) < 4.78 is 48.5. The number of alkyl halides is 3. The van der Waals surface area contributed by atoms with E-state index in [1.165, 1.54) is 34.7 Å². The number of aromatic nitrogens is 5. The number of benzene rings is 1. The maximum Gasteiger partial charge on any atom is 0.416 e. The Morgan fingerprint density at radius 2 is 1.88 bits per heavy atom. The van der Waals surface area contributed by atoms with E-state index in [1.54, 1.807) is 11.0 Å². The smallest absolute Gasteiger partial charge is 0.416 e. The maximum atomic E-state index is 14.3. The van der Waals surface area contributed by atoms with Crippen molar-refractivity contribution in [3.63, 3.8) is 0 Å². The standard InChI is InChI=1S/C33H30ClF3N8O6/c1-18(46)42-11-6-19(7-12-42)28-40-31-44(16-25(48)39-22-5-4-20(15-21(22)34)33(35,36)37)23-17-51-32(26(23)29(49)45(31)41-28)8-13-43(14-9-32)30(50)27-24(47)3-2-10-38-27/h2-6,10,15,47H,7-9,11-14,16-17H2,1H3,(H,39,48). The zero-order chi connectivity index (χ0) is 36.2. The van der Waals surface area contributed by atoms with Gasteiger partial charge in [-0.05, 0) is 55.2 Å². The van der Waals surface area contributed by atoms with Crippen molar-refractivity contribution in [2.45, 2.75) is 51.1 Å². The van der Waals surface area contributed by atoms with Gasteiger partial charge in [0.1, 0.15) is 17.9 Å². The third-order valence-electron chi connectivity index (χ3n) is 9.45. The van der Waals surface area contributed by atoms with Gasteiger partial charge in [0.05, 0.1) is 34.1 Å². The van der Waals surface area contributed by atoms with Crippen molar-refractivity contribution in [3.05, 3.63) is 86.3 Å². The second-order valence-corrected chi connectivity index (χ2v) is 12.9. The zero-order valence-corrected chi connectivity index (χ0v) is 27.8. The van der Waals surface area contributed by atoms with Gasteiger partial charge in [-0.2, -0.15) is 22.7 Å². The normalized spacial score (nSPS) is 17.1. The molecule has 51 heavy (non-hydrogen) atoms. The van der Waals surface area contributed by atoms with Gasteiger partial charge < -0.3 is 29.5 Å². The molecule has 0 saturated carbocycles. The van der Waals surface area contributed by atoms with E-state index in [1.807, 2.05) is 0 Å². The first kappa shape index (κ1) is 34.2. The molecule has 3 aliphatic heterocycles. The van der Waals surface area contributed by atoms with E-state index in [-0.39, 0.29) is 77.8 Å². The molecule has 3 amide bonds. The molecule has 6 heterocycles. The highest BCUT2D eigenvalue weighted by Gasteiger charge is 2.48. The van der Waals surface area contributed by atoms with Crippen LogP contribution in [0.3, 0.4) is 0 Å². The highest BCUT2D eigenvalue weighted by atomic mass is 35.5. The molecule has 1 aromatic carbocycles. The predicted octanol–water partition coefficient (Wildman–Crippen LogP) is 3.60. The van der Waals surface area contributed by atoms with Crippen LogP contribution in [0.25, 0.3) is 11.4 Å². The van der Waals surface area contributed by atoms with Crippen LogP contribution in [0.4, 0.5) is 18.9 Å². The molecule has 1 saturated heterocycles. The van der Waals surface area contributed by atoms with Crippen LogP contribution in [0, 0.1) is 0 Å². The van der Waals surface area contributed by atoms with Gasteiger partial charge in [-0.15, -0.1) is 5.10 Å². The molecule has 4 aromatic rings. The second-order valence-electron chi connectivity index (χ2n) is 12.5. The number of ether oxygens (including phenoxy) is 1. The molecule has 18 heteroatoms. The van der Waals surface area contributed by atoms with Crippen LogP contribution in [0.5, 0.6) is 5.75 Å². The largest absolute Gasteiger partial charge is 0.505 e. The van der Waals surface area contributed by atoms with Crippen LogP contribution >= 0.6 is 11.6 Å². The van der Waals surface area contributed by atoms with Crippen molar-refractivity contribution in [3.8, 4) is 5.75 Å². The molecular formula is C33H30ClF3N8O6. The summed E-state index contributed by atoms with van der Waals surface area (Å²) in [7, 11) is 0. The maximum absolute atomic E-state index is 14.3. The molecule has 2 N–H and O–H groups in total. The molecule has 266 valence electrons. The Bertz CT molecular complexity index is 2190. The van der Waals surface area contributed by atoms with Gasteiger partial charge in [0.2, 0.25) is 17.6 Å². The summed E-state index contributed by atoms with van der Waals surface area (Å²) in [4.78, 5) is 64.6. The van der Waals surface area contributed by atoms with E-state index in [9.17, 15) is 37.5 Å². The zero-order valence-electron chi connectivity index (χ0n) is 27.0. The van der Waals surface area contributed by atoms with Gasteiger partial charge in [-0.25, -0.2) is 4.98 Å². The van der Waals surface area contributed by atoms with E-state index < -0.39 is 41.3 Å². The Morgan fingerprint density at radius 1 is 1.12 bits per heavy atom. The van der Waals surface area contributed by atoms with Crippen molar-refractivity contribution in [1.29, 1.82) is 0 Å². The van der Waals surface area contributed by atoms with Crippen molar-refractivity contribution < 1.29 is 37.4 Å². The van der Waals surface area contributed by atoms with Gasteiger partial charge in [-0.3, -0.25) is 19.2 Å². The number of halogens is 4. The molecule has 0 unspecified atom stereocenters. The van der Waals surface area contributed by atoms with Gasteiger partial charge in [-0.1, -0.05) is 17.7 Å². The van der Waals surface area contributed by atoms with Gasteiger partial charge in [0.25, 0.3) is 11.5 Å². The van der Waals surface area contributed by atoms with E-state index in [0.29, 0.717) is 36.8 Å². The molecule has 0 radical (unpaired) electrons. The molecule has 14 nitrogen and oxygen atoms in total. The summed E-state index contributed by atoms with van der Waals surface area (Å²) in [6.45, 7) is 2.06. The van der Waals surface area contributed by atoms with Crippen LogP contribution in [0.1, 0.15) is 59.3 Å². The van der Waals surface area contributed by atoms with Crippen molar-refractivity contribution in [1.82, 2.24) is 33.9 Å². The number of fused-ring (bicyclic) bond motifs is 3. The molecule has 1 spiro atoms. The minimum absolute atomic E-state index is 0.0382. The molecular weight excluding hydrogens is 697 g/mol. The fourth-order valence-electron chi connectivity index (χ4n) is 6.75. The number of pyridine rings is 1. The first-order valence-electron chi connectivity index (χ1n) is 16.0. The highest BCUT2D eigenvalue weighted by molar-refractivity contribution is 6.33. The first-order chi connectivity index (χ1) is 24.3. The van der Waals surface area contributed by atoms with E-state index in [0.717, 1.165) is 16.6 Å². The van der Waals surface area contributed by atoms with Crippen LogP contribution < -0.4 is 10.9 Å². The lowest BCUT2D eigenvalue weighted by molar-refractivity contribution is -0.137. The summed E-state index contributed by atoms with van der Waals surface area (Å²) in [5.41, 5.74) is -1.45.